The Kier molecular flexibility index (Phi) is 5.20. The summed E-state index contributed by atoms with van der Waals surface area (Å²) in [6.07, 6.45) is 0.910. The lowest BCUT2D eigenvalue weighted by Gasteiger charge is -2.37. The molecule has 1 aliphatic heterocycles. The molecule has 3 atom stereocenters. The maximum absolute atomic E-state index is 13.2. The monoisotopic (exact) mass is 513 g/mol. The van der Waals surface area contributed by atoms with E-state index in [0.717, 1.165) is 16.0 Å². The van der Waals surface area contributed by atoms with Gasteiger partial charge in [0.15, 0.2) is 0 Å². The Hall–Kier alpha value is -3.21. The maximum atomic E-state index is 13.2. The standard InChI is InChI=1S/C25H31N5O5S/c1-12-14(11-30(28-12)22(34)35-24(5,6)7)16-8-15-17(36-16)20(31)27-19(26-15)18-25(23(2,3)4)9-13(25)10-29(18)21(32)33/h8,11,13,18H,9-10H2,1-7H3,(H,32,33)(H,26,27,31)/t13-,18-,25+/m1/s1. The van der Waals surface area contributed by atoms with E-state index in [1.807, 2.05) is 0 Å². The van der Waals surface area contributed by atoms with Gasteiger partial charge in [0.2, 0.25) is 0 Å². The predicted octanol–water partition coefficient (Wildman–Crippen LogP) is 5.03. The van der Waals surface area contributed by atoms with Crippen LogP contribution < -0.4 is 5.56 Å². The first-order valence-corrected chi connectivity index (χ1v) is 12.8. The first kappa shape index (κ1) is 24.5. The Bertz CT molecular complexity index is 1460. The zero-order valence-electron chi connectivity index (χ0n) is 21.5. The first-order valence-electron chi connectivity index (χ1n) is 12.0. The number of hydrogen-bond acceptors (Lipinski definition) is 7. The average Bonchev–Trinajstić information content (AvgIpc) is 3.05. The van der Waals surface area contributed by atoms with Crippen molar-refractivity contribution in [2.45, 2.75) is 66.5 Å². The zero-order valence-corrected chi connectivity index (χ0v) is 22.3. The number of aryl methyl sites for hydroxylation is 1. The van der Waals surface area contributed by atoms with Gasteiger partial charge in [0.05, 0.1) is 17.3 Å². The molecule has 36 heavy (non-hydrogen) atoms. The normalized spacial score (nSPS) is 23.7. The minimum atomic E-state index is -1.00. The third kappa shape index (κ3) is 3.71. The molecule has 1 aliphatic carbocycles. The van der Waals surface area contributed by atoms with Gasteiger partial charge in [-0.25, -0.2) is 14.6 Å². The SMILES string of the molecule is Cc1nn(C(=O)OC(C)(C)C)cc1-c1cc2nc([C@H]3N(C(=O)O)C[C@H]4C[C@]43C(C)(C)C)[nH]c(=O)c2s1. The third-order valence-electron chi connectivity index (χ3n) is 7.42. The van der Waals surface area contributed by atoms with Crippen LogP contribution in [0.4, 0.5) is 9.59 Å². The second kappa shape index (κ2) is 7.64. The number of fused-ring (bicyclic) bond motifs is 2. The summed E-state index contributed by atoms with van der Waals surface area (Å²) in [4.78, 5) is 47.6. The molecule has 1 amide bonds. The highest BCUT2D eigenvalue weighted by Crippen LogP contribution is 2.74. The van der Waals surface area contributed by atoms with Gasteiger partial charge in [-0.15, -0.1) is 11.3 Å². The molecule has 5 rings (SSSR count). The Labute approximate surface area is 212 Å². The Balaban J connectivity index is 1.56. The third-order valence-corrected chi connectivity index (χ3v) is 8.57. The number of piperidine rings is 1. The van der Waals surface area contributed by atoms with Crippen molar-refractivity contribution in [1.82, 2.24) is 24.6 Å². The summed E-state index contributed by atoms with van der Waals surface area (Å²) in [7, 11) is 0. The van der Waals surface area contributed by atoms with Crippen molar-refractivity contribution in [3.05, 3.63) is 34.1 Å². The van der Waals surface area contributed by atoms with Gasteiger partial charge in [-0.2, -0.15) is 9.78 Å². The van der Waals surface area contributed by atoms with Crippen LogP contribution in [0, 0.1) is 23.7 Å². The lowest BCUT2D eigenvalue weighted by atomic mass is 9.72. The number of aromatic amines is 1. The van der Waals surface area contributed by atoms with Crippen molar-refractivity contribution in [2.75, 3.05) is 6.54 Å². The van der Waals surface area contributed by atoms with E-state index in [0.29, 0.717) is 33.8 Å². The lowest BCUT2D eigenvalue weighted by Crippen LogP contribution is -2.40. The molecule has 11 heteroatoms. The van der Waals surface area contributed by atoms with Crippen LogP contribution in [0.2, 0.25) is 0 Å². The molecule has 2 fully saturated rings. The molecule has 2 N–H and O–H groups in total. The number of rotatable bonds is 2. The van der Waals surface area contributed by atoms with E-state index >= 15 is 0 Å². The molecule has 2 aliphatic rings. The molecule has 4 heterocycles. The van der Waals surface area contributed by atoms with Crippen LogP contribution in [-0.2, 0) is 4.74 Å². The topological polar surface area (TPSA) is 130 Å². The van der Waals surface area contributed by atoms with Gasteiger partial charge in [-0.3, -0.25) is 9.69 Å². The summed E-state index contributed by atoms with van der Waals surface area (Å²) < 4.78 is 7.00. The van der Waals surface area contributed by atoms with E-state index < -0.39 is 23.8 Å². The Morgan fingerprint density at radius 2 is 1.94 bits per heavy atom. The molecular formula is C25H31N5O5S. The quantitative estimate of drug-likeness (QED) is 0.491. The first-order chi connectivity index (χ1) is 16.6. The summed E-state index contributed by atoms with van der Waals surface area (Å²) >= 11 is 1.26. The molecule has 192 valence electrons. The lowest BCUT2D eigenvalue weighted by molar-refractivity contribution is 0.0514. The van der Waals surface area contributed by atoms with Gasteiger partial charge in [-0.1, -0.05) is 20.8 Å². The fourth-order valence-corrected chi connectivity index (χ4v) is 6.82. The smallest absolute Gasteiger partial charge is 0.435 e. The van der Waals surface area contributed by atoms with E-state index in [-0.39, 0.29) is 22.3 Å². The molecule has 0 unspecified atom stereocenters. The molecule has 1 saturated carbocycles. The number of nitrogens with one attached hydrogen (secondary N) is 1. The summed E-state index contributed by atoms with van der Waals surface area (Å²) in [6.45, 7) is 13.9. The molecule has 1 saturated heterocycles. The largest absolute Gasteiger partial charge is 0.465 e. The molecule has 3 aromatic heterocycles. The van der Waals surface area contributed by atoms with Crippen molar-refractivity contribution < 1.29 is 19.4 Å². The Morgan fingerprint density at radius 1 is 1.25 bits per heavy atom. The number of carbonyl (C=O) groups is 2. The van der Waals surface area contributed by atoms with Crippen molar-refractivity contribution >= 4 is 33.7 Å². The molecular weight excluding hydrogens is 482 g/mol. The van der Waals surface area contributed by atoms with Crippen LogP contribution in [0.15, 0.2) is 17.1 Å². The van der Waals surface area contributed by atoms with Crippen LogP contribution in [0.5, 0.6) is 0 Å². The summed E-state index contributed by atoms with van der Waals surface area (Å²) in [6, 6.07) is 1.29. The fraction of sp³-hybridized carbons (Fsp3) is 0.560. The summed E-state index contributed by atoms with van der Waals surface area (Å²) in [5.41, 5.74) is 0.429. The van der Waals surface area contributed by atoms with E-state index in [1.54, 1.807) is 40.0 Å². The van der Waals surface area contributed by atoms with E-state index in [4.69, 9.17) is 9.72 Å². The van der Waals surface area contributed by atoms with Crippen molar-refractivity contribution in [2.24, 2.45) is 16.7 Å². The van der Waals surface area contributed by atoms with Crippen molar-refractivity contribution in [3.63, 3.8) is 0 Å². The number of H-pyrrole nitrogens is 1. The molecule has 0 radical (unpaired) electrons. The van der Waals surface area contributed by atoms with Crippen LogP contribution in [0.3, 0.4) is 0 Å². The van der Waals surface area contributed by atoms with E-state index in [2.05, 4.69) is 30.9 Å². The van der Waals surface area contributed by atoms with Crippen molar-refractivity contribution in [3.8, 4) is 10.4 Å². The highest BCUT2D eigenvalue weighted by molar-refractivity contribution is 7.22. The summed E-state index contributed by atoms with van der Waals surface area (Å²) in [5, 5.41) is 14.2. The van der Waals surface area contributed by atoms with Gasteiger partial charge < -0.3 is 14.8 Å². The molecule has 10 nitrogen and oxygen atoms in total. The summed E-state index contributed by atoms with van der Waals surface area (Å²) in [5.74, 6) is 0.634. The second-order valence-corrected chi connectivity index (χ2v) is 12.9. The molecule has 0 aromatic carbocycles. The highest BCUT2D eigenvalue weighted by Gasteiger charge is 2.72. The number of aromatic nitrogens is 4. The van der Waals surface area contributed by atoms with Crippen LogP contribution in [-0.4, -0.2) is 54.1 Å². The van der Waals surface area contributed by atoms with Crippen LogP contribution >= 0.6 is 11.3 Å². The van der Waals surface area contributed by atoms with Gasteiger partial charge in [-0.05, 0) is 51.5 Å². The molecule has 3 aromatic rings. The number of thiophene rings is 1. The van der Waals surface area contributed by atoms with E-state index in [1.165, 1.54) is 16.2 Å². The minimum absolute atomic E-state index is 0.160. The predicted molar refractivity (Wildman–Crippen MR) is 135 cm³/mol. The molecule has 0 bridgehead atoms. The van der Waals surface area contributed by atoms with Crippen LogP contribution in [0.25, 0.3) is 20.7 Å². The minimum Gasteiger partial charge on any atom is -0.465 e. The number of likely N-dealkylation sites (tertiary alicyclic amines) is 1. The van der Waals surface area contributed by atoms with Gasteiger partial charge >= 0.3 is 12.2 Å². The maximum Gasteiger partial charge on any atom is 0.435 e. The van der Waals surface area contributed by atoms with Gasteiger partial charge in [0.1, 0.15) is 16.1 Å². The number of carboxylic acid groups (broad SMARTS) is 1. The Morgan fingerprint density at radius 3 is 2.56 bits per heavy atom. The number of nitrogens with zero attached hydrogens (tertiary/aromatic N) is 4. The number of ether oxygens (including phenoxy) is 1. The van der Waals surface area contributed by atoms with Gasteiger partial charge in [0, 0.05) is 28.6 Å². The van der Waals surface area contributed by atoms with Crippen LogP contribution in [0.1, 0.15) is 65.5 Å². The average molecular weight is 514 g/mol. The zero-order chi connectivity index (χ0) is 26.4. The second-order valence-electron chi connectivity index (χ2n) is 11.9. The van der Waals surface area contributed by atoms with Crippen molar-refractivity contribution in [1.29, 1.82) is 0 Å². The molecule has 0 spiro atoms. The van der Waals surface area contributed by atoms with E-state index in [9.17, 15) is 19.5 Å². The number of amides is 1. The number of hydrogen-bond donors (Lipinski definition) is 2. The highest BCUT2D eigenvalue weighted by atomic mass is 32.1. The van der Waals surface area contributed by atoms with Gasteiger partial charge in [0.25, 0.3) is 5.56 Å². The fourth-order valence-electron chi connectivity index (χ4n) is 5.77. The number of carbonyl (C=O) groups excluding carboxylic acids is 1.